The van der Waals surface area contributed by atoms with Gasteiger partial charge in [0.1, 0.15) is 34.1 Å². The minimum absolute atomic E-state index is 0.0558. The molecule has 4 aromatic carbocycles. The molecule has 6 aromatic heterocycles. The number of aryl methyl sites for hydroxylation is 2. The molecule has 4 aliphatic heterocycles. The van der Waals surface area contributed by atoms with Crippen LogP contribution in [0, 0.1) is 11.6 Å². The highest BCUT2D eigenvalue weighted by atomic mass is 35.5. The van der Waals surface area contributed by atoms with Gasteiger partial charge in [-0.2, -0.15) is 30.1 Å². The van der Waals surface area contributed by atoms with E-state index in [0.29, 0.717) is 104 Å². The molecule has 78 heavy (non-hydrogen) atoms. The van der Waals surface area contributed by atoms with Gasteiger partial charge in [-0.1, -0.05) is 77.8 Å². The largest absolute Gasteiger partial charge is 0.463 e. The van der Waals surface area contributed by atoms with Gasteiger partial charge in [0.15, 0.2) is 11.6 Å². The maximum Gasteiger partial charge on any atom is 0.319 e. The van der Waals surface area contributed by atoms with Crippen LogP contribution < -0.4 is 29.9 Å². The van der Waals surface area contributed by atoms with E-state index in [-0.39, 0.29) is 47.7 Å². The molecule has 0 saturated carbocycles. The molecule has 14 rings (SSSR count). The third-order valence-corrected chi connectivity index (χ3v) is 16.5. The van der Waals surface area contributed by atoms with Gasteiger partial charge in [-0.05, 0) is 60.2 Å². The Kier molecular flexibility index (Phi) is 12.3. The van der Waals surface area contributed by atoms with Crippen molar-refractivity contribution in [2.45, 2.75) is 62.7 Å². The van der Waals surface area contributed by atoms with Crippen molar-refractivity contribution in [1.29, 1.82) is 0 Å². The second-order valence-corrected chi connectivity index (χ2v) is 21.8. The predicted molar refractivity (Wildman–Crippen MR) is 299 cm³/mol. The van der Waals surface area contributed by atoms with E-state index in [4.69, 9.17) is 67.7 Å². The Morgan fingerprint density at radius 1 is 0.603 bits per heavy atom. The minimum atomic E-state index is -0.597. The predicted octanol–water partition coefficient (Wildman–Crippen LogP) is 9.85. The zero-order chi connectivity index (χ0) is 52.8. The molecule has 0 amide bonds. The number of anilines is 2. The lowest BCUT2D eigenvalue weighted by atomic mass is 9.96. The Bertz CT molecular complexity index is 4000. The molecule has 4 unspecified atom stereocenters. The first kappa shape index (κ1) is 48.7. The lowest BCUT2D eigenvalue weighted by molar-refractivity contribution is 0.295. The van der Waals surface area contributed by atoms with E-state index in [1.54, 1.807) is 29.3 Å². The molecule has 394 valence electrons. The van der Waals surface area contributed by atoms with Crippen LogP contribution in [-0.2, 0) is 26.9 Å². The number of rotatable bonds is 13. The number of benzene rings is 4. The Morgan fingerprint density at radius 2 is 1.15 bits per heavy atom. The molecule has 4 bridgehead atoms. The fourth-order valence-electron chi connectivity index (χ4n) is 12.3. The van der Waals surface area contributed by atoms with Crippen molar-refractivity contribution in [1.82, 2.24) is 60.1 Å². The molecule has 20 heteroatoms. The first-order chi connectivity index (χ1) is 38.1. The summed E-state index contributed by atoms with van der Waals surface area (Å²) in [4.78, 5) is 33.2. The third-order valence-electron chi connectivity index (χ3n) is 15.8. The topological polar surface area (TPSA) is 162 Å². The number of pyridine rings is 2. The summed E-state index contributed by atoms with van der Waals surface area (Å²) in [5.41, 5.74) is 4.96. The second-order valence-electron chi connectivity index (χ2n) is 20.9. The number of ether oxygens (including phenoxy) is 2. The smallest absolute Gasteiger partial charge is 0.319 e. The highest BCUT2D eigenvalue weighted by molar-refractivity contribution is 6.37. The fraction of sp³-hybridized carbons (Fsp3) is 0.310. The van der Waals surface area contributed by atoms with Gasteiger partial charge < -0.3 is 29.9 Å². The maximum atomic E-state index is 17.5. The average Bonchev–Trinajstić information content (AvgIpc) is 4.28. The van der Waals surface area contributed by atoms with Gasteiger partial charge in [0.2, 0.25) is 0 Å². The fourth-order valence-corrected chi connectivity index (χ4v) is 12.8. The summed E-state index contributed by atoms with van der Waals surface area (Å²) in [6, 6.07) is 24.1. The summed E-state index contributed by atoms with van der Waals surface area (Å²) in [7, 11) is 3.75. The van der Waals surface area contributed by atoms with Crippen LogP contribution in [0.4, 0.5) is 20.4 Å². The van der Waals surface area contributed by atoms with Crippen molar-refractivity contribution in [3.05, 3.63) is 131 Å². The summed E-state index contributed by atoms with van der Waals surface area (Å²) < 4.78 is 50.6. The van der Waals surface area contributed by atoms with Crippen LogP contribution in [0.15, 0.2) is 97.6 Å². The Hall–Kier alpha value is -7.64. The number of aromatic nitrogens is 10. The molecule has 4 aliphatic rings. The van der Waals surface area contributed by atoms with Crippen molar-refractivity contribution in [3.8, 4) is 45.8 Å². The van der Waals surface area contributed by atoms with Gasteiger partial charge in [0, 0.05) is 133 Å². The Morgan fingerprint density at radius 3 is 1.74 bits per heavy atom. The number of nitrogens with one attached hydrogen (secondary N) is 2. The lowest BCUT2D eigenvalue weighted by Crippen LogP contribution is -2.51. The summed E-state index contributed by atoms with van der Waals surface area (Å²) in [6.45, 7) is 3.33. The summed E-state index contributed by atoms with van der Waals surface area (Å²) in [5.74, 6) is 0.0103. The van der Waals surface area contributed by atoms with Gasteiger partial charge in [0.25, 0.3) is 0 Å². The minimum Gasteiger partial charge on any atom is -0.463 e. The SMILES string of the molecule is Cn1cc(CCOc2nc(N3CC4CCC(C3)N4)c3cnc(-c4cccc5c(-c6cc(CCOc7nc(N8CC9CCC(C8)N9)c8cnc(-c9cccc%10cccc(Cl)c9%10)c(F)c8n7)nn6C)ccc(Cl)c45)c(F)c3n2)cn1. The van der Waals surface area contributed by atoms with Crippen LogP contribution in [0.25, 0.3) is 77.1 Å². The summed E-state index contributed by atoms with van der Waals surface area (Å²) >= 11 is 13.8. The van der Waals surface area contributed by atoms with Crippen LogP contribution in [-0.4, -0.2) is 113 Å². The normalized spacial score (nSPS) is 19.1. The number of hydrogen-bond acceptors (Lipinski definition) is 14. The van der Waals surface area contributed by atoms with E-state index in [1.165, 1.54) is 0 Å². The molecule has 4 fully saturated rings. The van der Waals surface area contributed by atoms with E-state index in [1.807, 2.05) is 91.7 Å². The van der Waals surface area contributed by atoms with E-state index >= 15 is 8.78 Å². The van der Waals surface area contributed by atoms with Crippen LogP contribution in [0.1, 0.15) is 36.9 Å². The van der Waals surface area contributed by atoms with Gasteiger partial charge in [0.05, 0.1) is 41.6 Å². The van der Waals surface area contributed by atoms with Crippen molar-refractivity contribution in [3.63, 3.8) is 0 Å². The molecule has 0 aliphatic carbocycles. The first-order valence-electron chi connectivity index (χ1n) is 26.5. The number of nitrogens with zero attached hydrogens (tertiary/aromatic N) is 12. The van der Waals surface area contributed by atoms with Gasteiger partial charge >= 0.3 is 12.0 Å². The molecule has 4 atom stereocenters. The Labute approximate surface area is 456 Å². The van der Waals surface area contributed by atoms with Crippen molar-refractivity contribution in [2.75, 3.05) is 49.2 Å². The molecular weight excluding hydrogens is 1030 g/mol. The van der Waals surface area contributed by atoms with Crippen LogP contribution >= 0.6 is 23.2 Å². The standard InChI is InChI=1S/C58H52Cl2F2N14O2/c1-73-26-31(23-65-73)18-20-77-57-68-54-43(55(70-57)75-27-34-12-13-35(28-75)66-34)25-64-52(50(54)62)41-10-5-8-39-38(16-17-45(60)48(39)41)46-22-33(72-74(46)2)19-21-78-58-69-53-42(56(71-58)76-29-36-14-15-37(30-76)67-36)24-63-51(49(53)61)40-9-3-6-32-7-4-11-44(59)47(32)40/h3-11,16-17,22-26,34-37,66-67H,12-15,18-21,27-30H2,1-2H3. The van der Waals surface area contributed by atoms with Gasteiger partial charge in [-0.25, -0.2) is 8.78 Å². The Balaban J connectivity index is 0.769. The zero-order valence-corrected chi connectivity index (χ0v) is 44.2. The van der Waals surface area contributed by atoms with Gasteiger partial charge in [-0.15, -0.1) is 0 Å². The molecule has 16 nitrogen and oxygen atoms in total. The molecule has 4 saturated heterocycles. The van der Waals surface area contributed by atoms with Crippen LogP contribution in [0.3, 0.4) is 0 Å². The monoisotopic (exact) mass is 1080 g/mol. The van der Waals surface area contributed by atoms with Gasteiger partial charge in [-0.3, -0.25) is 19.3 Å². The number of halogens is 4. The lowest BCUT2D eigenvalue weighted by Gasteiger charge is -2.34. The van der Waals surface area contributed by atoms with E-state index in [9.17, 15) is 0 Å². The van der Waals surface area contributed by atoms with Crippen LogP contribution in [0.2, 0.25) is 10.0 Å². The second kappa shape index (κ2) is 19.7. The van der Waals surface area contributed by atoms with Crippen LogP contribution in [0.5, 0.6) is 12.0 Å². The number of hydrogen-bond donors (Lipinski definition) is 2. The van der Waals surface area contributed by atoms with Crippen molar-refractivity contribution in [2.24, 2.45) is 14.1 Å². The highest BCUT2D eigenvalue weighted by Crippen LogP contribution is 2.43. The molecule has 0 radical (unpaired) electrons. The molecule has 10 aromatic rings. The average molecular weight is 1090 g/mol. The summed E-state index contributed by atoms with van der Waals surface area (Å²) in [6.07, 6.45) is 12.3. The van der Waals surface area contributed by atoms with E-state index in [0.717, 1.165) is 72.1 Å². The third kappa shape index (κ3) is 8.74. The van der Waals surface area contributed by atoms with Crippen molar-refractivity contribution < 1.29 is 18.3 Å². The highest BCUT2D eigenvalue weighted by Gasteiger charge is 2.36. The molecule has 2 N–H and O–H groups in total. The quantitative estimate of drug-likeness (QED) is 0.112. The number of piperazine rings is 2. The van der Waals surface area contributed by atoms with E-state index < -0.39 is 11.6 Å². The number of fused-ring (bicyclic) bond motifs is 8. The van der Waals surface area contributed by atoms with E-state index in [2.05, 4.69) is 25.5 Å². The summed E-state index contributed by atoms with van der Waals surface area (Å²) in [5, 5.41) is 21.5. The molecule has 10 heterocycles. The van der Waals surface area contributed by atoms with Crippen molar-refractivity contribution >= 4 is 78.2 Å². The molecule has 0 spiro atoms. The maximum absolute atomic E-state index is 17.5. The molecular formula is C58H52Cl2F2N14O2. The zero-order valence-electron chi connectivity index (χ0n) is 42.7. The first-order valence-corrected chi connectivity index (χ1v) is 27.2.